The van der Waals surface area contributed by atoms with Crippen molar-refractivity contribution in [1.29, 1.82) is 0 Å². The van der Waals surface area contributed by atoms with E-state index in [9.17, 15) is 4.79 Å². The molecule has 0 amide bonds. The lowest BCUT2D eigenvalue weighted by atomic mass is 10.3. The number of aldehydes is 1. The maximum absolute atomic E-state index is 10.3. The highest BCUT2D eigenvalue weighted by Crippen LogP contribution is 2.28. The highest BCUT2D eigenvalue weighted by atomic mass is 16.1. The maximum Gasteiger partial charge on any atom is 0.126 e. The molecule has 0 radical (unpaired) electrons. The second kappa shape index (κ2) is 3.73. The fourth-order valence-corrected chi connectivity index (χ4v) is 1.94. The summed E-state index contributed by atoms with van der Waals surface area (Å²) in [6.45, 7) is 0. The third kappa shape index (κ3) is 1.79. The van der Waals surface area contributed by atoms with E-state index in [1.54, 1.807) is 0 Å². The smallest absolute Gasteiger partial charge is 0.126 e. The van der Waals surface area contributed by atoms with Crippen LogP contribution in [0.3, 0.4) is 0 Å². The van der Waals surface area contributed by atoms with Crippen LogP contribution >= 0.6 is 0 Å². The Labute approximate surface area is 77.7 Å². The molecule has 0 spiro atoms. The average molecular weight is 178 g/mol. The Bertz CT molecular complexity index is 287. The predicted molar refractivity (Wildman–Crippen MR) is 49.5 cm³/mol. The minimum Gasteiger partial charge on any atom is -0.303 e. The molecule has 2 rings (SSSR count). The van der Waals surface area contributed by atoms with Crippen molar-refractivity contribution in [3.63, 3.8) is 0 Å². The van der Waals surface area contributed by atoms with Gasteiger partial charge in [0.05, 0.1) is 11.7 Å². The van der Waals surface area contributed by atoms with Crippen molar-refractivity contribution in [2.24, 2.45) is 0 Å². The number of hydrogen-bond donors (Lipinski definition) is 0. The van der Waals surface area contributed by atoms with E-state index in [-0.39, 0.29) is 0 Å². The van der Waals surface area contributed by atoms with E-state index in [2.05, 4.69) is 5.10 Å². The van der Waals surface area contributed by atoms with Crippen LogP contribution in [0.25, 0.3) is 0 Å². The highest BCUT2D eigenvalue weighted by Gasteiger charge is 2.17. The molecule has 0 aliphatic heterocycles. The summed E-state index contributed by atoms with van der Waals surface area (Å²) in [5, 5.41) is 4.37. The van der Waals surface area contributed by atoms with Gasteiger partial charge in [-0.05, 0) is 18.9 Å². The van der Waals surface area contributed by atoms with Crippen molar-refractivity contribution in [2.45, 2.75) is 38.1 Å². The number of aromatic nitrogens is 2. The Morgan fingerprint density at radius 1 is 1.54 bits per heavy atom. The largest absolute Gasteiger partial charge is 0.303 e. The zero-order valence-electron chi connectivity index (χ0n) is 7.65. The molecule has 1 aliphatic rings. The van der Waals surface area contributed by atoms with E-state index >= 15 is 0 Å². The molecule has 70 valence electrons. The van der Waals surface area contributed by atoms with Crippen LogP contribution in [-0.2, 0) is 11.2 Å². The minimum atomic E-state index is 0.444. The molecular weight excluding hydrogens is 164 g/mol. The van der Waals surface area contributed by atoms with E-state index in [1.165, 1.54) is 25.7 Å². The Kier molecular flexibility index (Phi) is 2.43. The summed E-state index contributed by atoms with van der Waals surface area (Å²) in [6.07, 6.45) is 8.45. The van der Waals surface area contributed by atoms with Gasteiger partial charge in [-0.3, -0.25) is 4.68 Å². The lowest BCUT2D eigenvalue weighted by Gasteiger charge is -2.08. The Balaban J connectivity index is 2.07. The summed E-state index contributed by atoms with van der Waals surface area (Å²) in [4.78, 5) is 10.3. The highest BCUT2D eigenvalue weighted by molar-refractivity contribution is 5.53. The van der Waals surface area contributed by atoms with Crippen LogP contribution in [0.1, 0.15) is 37.4 Å². The molecule has 1 aromatic rings. The van der Waals surface area contributed by atoms with E-state index in [0.29, 0.717) is 12.5 Å². The first-order valence-corrected chi connectivity index (χ1v) is 4.88. The van der Waals surface area contributed by atoms with Gasteiger partial charge in [-0.15, -0.1) is 0 Å². The number of nitrogens with zero attached hydrogens (tertiary/aromatic N) is 2. The monoisotopic (exact) mass is 178 g/mol. The second-order valence-electron chi connectivity index (χ2n) is 3.60. The van der Waals surface area contributed by atoms with E-state index < -0.39 is 0 Å². The van der Waals surface area contributed by atoms with E-state index in [4.69, 9.17) is 0 Å². The molecule has 1 aromatic heterocycles. The van der Waals surface area contributed by atoms with Gasteiger partial charge in [0, 0.05) is 12.6 Å². The maximum atomic E-state index is 10.3. The molecule has 1 fully saturated rings. The third-order valence-corrected chi connectivity index (χ3v) is 2.65. The van der Waals surface area contributed by atoms with Gasteiger partial charge in [0.2, 0.25) is 0 Å². The standard InChI is InChI=1S/C10H14N2O/c13-8-6-9-5-7-12(11-9)10-3-1-2-4-10/h5,7-8,10H,1-4,6H2. The Hall–Kier alpha value is -1.12. The molecule has 0 saturated heterocycles. The van der Waals surface area contributed by atoms with Crippen molar-refractivity contribution in [2.75, 3.05) is 0 Å². The molecule has 0 unspecified atom stereocenters. The molecule has 1 saturated carbocycles. The summed E-state index contributed by atoms with van der Waals surface area (Å²) >= 11 is 0. The zero-order valence-corrected chi connectivity index (χ0v) is 7.65. The molecule has 0 bridgehead atoms. The summed E-state index contributed by atoms with van der Waals surface area (Å²) in [5.74, 6) is 0. The van der Waals surface area contributed by atoms with E-state index in [1.807, 2.05) is 16.9 Å². The van der Waals surface area contributed by atoms with Crippen molar-refractivity contribution in [3.05, 3.63) is 18.0 Å². The average Bonchev–Trinajstić information content (AvgIpc) is 2.70. The summed E-state index contributed by atoms with van der Waals surface area (Å²) in [5.41, 5.74) is 0.891. The quantitative estimate of drug-likeness (QED) is 0.661. The lowest BCUT2D eigenvalue weighted by molar-refractivity contribution is -0.107. The fraction of sp³-hybridized carbons (Fsp3) is 0.600. The van der Waals surface area contributed by atoms with Crippen molar-refractivity contribution in [1.82, 2.24) is 9.78 Å². The summed E-state index contributed by atoms with van der Waals surface area (Å²) in [6, 6.07) is 2.52. The first kappa shape index (κ1) is 8.48. The predicted octanol–water partition coefficient (Wildman–Crippen LogP) is 1.74. The molecule has 13 heavy (non-hydrogen) atoms. The molecule has 0 N–H and O–H groups in total. The third-order valence-electron chi connectivity index (χ3n) is 2.65. The van der Waals surface area contributed by atoms with Gasteiger partial charge in [0.25, 0.3) is 0 Å². The summed E-state index contributed by atoms with van der Waals surface area (Å²) < 4.78 is 2.02. The van der Waals surface area contributed by atoms with Gasteiger partial charge in [0.1, 0.15) is 6.29 Å². The zero-order chi connectivity index (χ0) is 9.10. The first-order valence-electron chi connectivity index (χ1n) is 4.88. The summed E-state index contributed by atoms with van der Waals surface area (Å²) in [7, 11) is 0. The van der Waals surface area contributed by atoms with Crippen LogP contribution in [0.2, 0.25) is 0 Å². The number of carbonyl (C=O) groups is 1. The molecule has 3 heteroatoms. The van der Waals surface area contributed by atoms with Crippen LogP contribution in [0.4, 0.5) is 0 Å². The molecular formula is C10H14N2O. The van der Waals surface area contributed by atoms with Gasteiger partial charge in [-0.25, -0.2) is 0 Å². The topological polar surface area (TPSA) is 34.9 Å². The van der Waals surface area contributed by atoms with Crippen molar-refractivity contribution < 1.29 is 4.79 Å². The second-order valence-corrected chi connectivity index (χ2v) is 3.60. The Morgan fingerprint density at radius 2 is 2.31 bits per heavy atom. The van der Waals surface area contributed by atoms with Gasteiger partial charge < -0.3 is 4.79 Å². The van der Waals surface area contributed by atoms with Crippen LogP contribution in [0, 0.1) is 0 Å². The SMILES string of the molecule is O=CCc1ccn(C2CCCC2)n1. The lowest BCUT2D eigenvalue weighted by Crippen LogP contribution is -2.05. The number of rotatable bonds is 3. The van der Waals surface area contributed by atoms with Crippen LogP contribution in [-0.4, -0.2) is 16.1 Å². The molecule has 3 nitrogen and oxygen atoms in total. The van der Waals surface area contributed by atoms with Gasteiger partial charge in [-0.2, -0.15) is 5.10 Å². The van der Waals surface area contributed by atoms with Crippen molar-refractivity contribution >= 4 is 6.29 Å². The Morgan fingerprint density at radius 3 is 3.00 bits per heavy atom. The van der Waals surface area contributed by atoms with Crippen molar-refractivity contribution in [3.8, 4) is 0 Å². The normalized spacial score (nSPS) is 17.8. The molecule has 1 aliphatic carbocycles. The van der Waals surface area contributed by atoms with E-state index in [0.717, 1.165) is 12.0 Å². The number of hydrogen-bond acceptors (Lipinski definition) is 2. The minimum absolute atomic E-state index is 0.444. The van der Waals surface area contributed by atoms with Gasteiger partial charge in [0.15, 0.2) is 0 Å². The molecule has 1 heterocycles. The number of carbonyl (C=O) groups excluding carboxylic acids is 1. The van der Waals surface area contributed by atoms with Crippen LogP contribution in [0.5, 0.6) is 0 Å². The first-order chi connectivity index (χ1) is 6.40. The van der Waals surface area contributed by atoms with Gasteiger partial charge >= 0.3 is 0 Å². The van der Waals surface area contributed by atoms with Crippen LogP contribution in [0.15, 0.2) is 12.3 Å². The van der Waals surface area contributed by atoms with Crippen LogP contribution < -0.4 is 0 Å². The molecule has 0 aromatic carbocycles. The van der Waals surface area contributed by atoms with Gasteiger partial charge in [-0.1, -0.05) is 12.8 Å². The molecule has 0 atom stereocenters. The fourth-order valence-electron chi connectivity index (χ4n) is 1.94.